The van der Waals surface area contributed by atoms with Crippen LogP contribution in [0.15, 0.2) is 28.1 Å². The third-order valence-electron chi connectivity index (χ3n) is 4.20. The van der Waals surface area contributed by atoms with Gasteiger partial charge in [0.15, 0.2) is 0 Å². The van der Waals surface area contributed by atoms with Gasteiger partial charge in [0.25, 0.3) is 5.91 Å². The van der Waals surface area contributed by atoms with E-state index in [1.165, 1.54) is 0 Å². The summed E-state index contributed by atoms with van der Waals surface area (Å²) < 4.78 is 3.22. The molecule has 2 amide bonds. The number of benzene rings is 1. The molecule has 0 saturated carbocycles. The standard InChI is InChI=1S/C16H19N5O3/c1-20-12-5-3-10(9-13(12)21(2)16(20)24)7-8-17-15(23)11-4-6-14(22)19-18-11/h3,5,9H,4,6-8H2,1-2H3,(H,17,23)(H,19,22). The van der Waals surface area contributed by atoms with E-state index < -0.39 is 0 Å². The van der Waals surface area contributed by atoms with Crippen LogP contribution in [0.25, 0.3) is 11.0 Å². The summed E-state index contributed by atoms with van der Waals surface area (Å²) in [7, 11) is 3.49. The van der Waals surface area contributed by atoms with Crippen molar-refractivity contribution in [2.24, 2.45) is 19.2 Å². The van der Waals surface area contributed by atoms with Gasteiger partial charge >= 0.3 is 5.69 Å². The number of hydrogen-bond donors (Lipinski definition) is 2. The lowest BCUT2D eigenvalue weighted by atomic mass is 10.1. The maximum absolute atomic E-state index is 12.0. The van der Waals surface area contributed by atoms with E-state index in [2.05, 4.69) is 15.8 Å². The number of hydrazone groups is 1. The lowest BCUT2D eigenvalue weighted by molar-refractivity contribution is -0.121. The molecule has 0 fully saturated rings. The number of carbonyl (C=O) groups is 2. The lowest BCUT2D eigenvalue weighted by Crippen LogP contribution is -2.37. The Morgan fingerprint density at radius 2 is 1.96 bits per heavy atom. The highest BCUT2D eigenvalue weighted by Crippen LogP contribution is 2.14. The van der Waals surface area contributed by atoms with Crippen molar-refractivity contribution in [3.63, 3.8) is 0 Å². The molecule has 2 heterocycles. The molecule has 2 aromatic rings. The molecule has 0 bridgehead atoms. The smallest absolute Gasteiger partial charge is 0.328 e. The molecule has 2 N–H and O–H groups in total. The van der Waals surface area contributed by atoms with Gasteiger partial charge in [-0.05, 0) is 24.1 Å². The van der Waals surface area contributed by atoms with Crippen molar-refractivity contribution >= 4 is 28.6 Å². The number of carbonyl (C=O) groups excluding carboxylic acids is 2. The van der Waals surface area contributed by atoms with Crippen LogP contribution in [-0.4, -0.2) is 33.2 Å². The minimum Gasteiger partial charge on any atom is -0.351 e. The second-order valence-corrected chi connectivity index (χ2v) is 5.82. The minimum absolute atomic E-state index is 0.0622. The van der Waals surface area contributed by atoms with Gasteiger partial charge in [-0.2, -0.15) is 5.10 Å². The first-order chi connectivity index (χ1) is 11.5. The molecule has 0 atom stereocenters. The zero-order chi connectivity index (χ0) is 17.3. The summed E-state index contributed by atoms with van der Waals surface area (Å²) in [5, 5.41) is 6.57. The molecule has 1 aromatic carbocycles. The molecule has 1 aromatic heterocycles. The number of hydrogen-bond acceptors (Lipinski definition) is 4. The molecule has 1 aliphatic heterocycles. The van der Waals surface area contributed by atoms with Crippen molar-refractivity contribution in [3.8, 4) is 0 Å². The first-order valence-corrected chi connectivity index (χ1v) is 7.75. The van der Waals surface area contributed by atoms with E-state index in [1.54, 1.807) is 23.2 Å². The van der Waals surface area contributed by atoms with E-state index in [-0.39, 0.29) is 23.9 Å². The highest BCUT2D eigenvalue weighted by molar-refractivity contribution is 6.39. The summed E-state index contributed by atoms with van der Waals surface area (Å²) in [5.74, 6) is -0.434. The average Bonchev–Trinajstić information content (AvgIpc) is 2.80. The van der Waals surface area contributed by atoms with Crippen LogP contribution < -0.4 is 16.4 Å². The molecule has 0 saturated heterocycles. The normalized spacial score (nSPS) is 14.4. The fourth-order valence-electron chi connectivity index (χ4n) is 2.77. The summed E-state index contributed by atoms with van der Waals surface area (Å²) in [6, 6.07) is 5.82. The van der Waals surface area contributed by atoms with Crippen LogP contribution in [0.5, 0.6) is 0 Å². The number of rotatable bonds is 4. The van der Waals surface area contributed by atoms with Gasteiger partial charge < -0.3 is 5.32 Å². The second-order valence-electron chi connectivity index (χ2n) is 5.82. The first-order valence-electron chi connectivity index (χ1n) is 7.75. The molecule has 24 heavy (non-hydrogen) atoms. The van der Waals surface area contributed by atoms with Crippen LogP contribution >= 0.6 is 0 Å². The second kappa shape index (κ2) is 6.31. The number of aromatic nitrogens is 2. The predicted molar refractivity (Wildman–Crippen MR) is 89.7 cm³/mol. The Morgan fingerprint density at radius 3 is 2.67 bits per heavy atom. The Labute approximate surface area is 138 Å². The van der Waals surface area contributed by atoms with Gasteiger partial charge in [-0.15, -0.1) is 0 Å². The topological polar surface area (TPSA) is 97.5 Å². The third-order valence-corrected chi connectivity index (χ3v) is 4.20. The number of amides is 2. The van der Waals surface area contributed by atoms with Crippen molar-refractivity contribution in [1.29, 1.82) is 0 Å². The van der Waals surface area contributed by atoms with E-state index in [4.69, 9.17) is 0 Å². The number of imidazole rings is 1. The molecule has 126 valence electrons. The van der Waals surface area contributed by atoms with Crippen LogP contribution in [0, 0.1) is 0 Å². The Bertz CT molecular complexity index is 906. The fourth-order valence-corrected chi connectivity index (χ4v) is 2.77. The van der Waals surface area contributed by atoms with Crippen molar-refractivity contribution in [2.75, 3.05) is 6.54 Å². The van der Waals surface area contributed by atoms with E-state index >= 15 is 0 Å². The van der Waals surface area contributed by atoms with Crippen molar-refractivity contribution in [3.05, 3.63) is 34.2 Å². The molecule has 3 rings (SSSR count). The van der Waals surface area contributed by atoms with Gasteiger partial charge in [0.1, 0.15) is 5.71 Å². The van der Waals surface area contributed by atoms with E-state index in [1.807, 2.05) is 18.2 Å². The van der Waals surface area contributed by atoms with E-state index in [9.17, 15) is 14.4 Å². The Hall–Kier alpha value is -2.90. The lowest BCUT2D eigenvalue weighted by Gasteiger charge is -2.12. The zero-order valence-electron chi connectivity index (χ0n) is 13.6. The van der Waals surface area contributed by atoms with Gasteiger partial charge in [0.05, 0.1) is 11.0 Å². The summed E-state index contributed by atoms with van der Waals surface area (Å²) in [4.78, 5) is 34.9. The van der Waals surface area contributed by atoms with Gasteiger partial charge in [0.2, 0.25) is 5.91 Å². The monoisotopic (exact) mass is 329 g/mol. The molecular weight excluding hydrogens is 310 g/mol. The maximum Gasteiger partial charge on any atom is 0.328 e. The zero-order valence-corrected chi connectivity index (χ0v) is 13.6. The van der Waals surface area contributed by atoms with Crippen LogP contribution in [0.2, 0.25) is 0 Å². The molecule has 8 heteroatoms. The third kappa shape index (κ3) is 2.94. The highest BCUT2D eigenvalue weighted by Gasteiger charge is 2.17. The van der Waals surface area contributed by atoms with Gasteiger partial charge in [-0.1, -0.05) is 6.07 Å². The number of aryl methyl sites for hydroxylation is 2. The molecule has 8 nitrogen and oxygen atoms in total. The summed E-state index contributed by atoms with van der Waals surface area (Å²) in [6.45, 7) is 0.456. The number of fused-ring (bicyclic) bond motifs is 1. The molecule has 0 unspecified atom stereocenters. The molecule has 1 aliphatic rings. The molecule has 0 aliphatic carbocycles. The largest absolute Gasteiger partial charge is 0.351 e. The Kier molecular flexibility index (Phi) is 4.20. The first kappa shape index (κ1) is 16.0. The van der Waals surface area contributed by atoms with E-state index in [0.717, 1.165) is 16.6 Å². The molecule has 0 radical (unpaired) electrons. The van der Waals surface area contributed by atoms with Crippen molar-refractivity contribution in [2.45, 2.75) is 19.3 Å². The molecule has 0 spiro atoms. The summed E-state index contributed by atoms with van der Waals surface area (Å²) in [5.41, 5.74) is 5.36. The van der Waals surface area contributed by atoms with Gasteiger partial charge in [-0.25, -0.2) is 10.2 Å². The van der Waals surface area contributed by atoms with Crippen LogP contribution in [0.1, 0.15) is 18.4 Å². The predicted octanol–water partition coefficient (Wildman–Crippen LogP) is -0.198. The maximum atomic E-state index is 12.0. The highest BCUT2D eigenvalue weighted by atomic mass is 16.2. The van der Waals surface area contributed by atoms with Crippen LogP contribution in [0.4, 0.5) is 0 Å². The van der Waals surface area contributed by atoms with Gasteiger partial charge in [0, 0.05) is 33.5 Å². The van der Waals surface area contributed by atoms with Crippen LogP contribution in [0.3, 0.4) is 0 Å². The summed E-state index contributed by atoms with van der Waals surface area (Å²) in [6.07, 6.45) is 1.28. The minimum atomic E-state index is -0.261. The quantitative estimate of drug-likeness (QED) is 0.813. The average molecular weight is 329 g/mol. The van der Waals surface area contributed by atoms with E-state index in [0.29, 0.717) is 25.1 Å². The Balaban J connectivity index is 1.64. The SMILES string of the molecule is Cn1c(=O)n(C)c2cc(CCNC(=O)C3=NNC(=O)CC3)ccc21. The van der Waals surface area contributed by atoms with Crippen LogP contribution in [-0.2, 0) is 30.1 Å². The van der Waals surface area contributed by atoms with Crippen molar-refractivity contribution in [1.82, 2.24) is 19.9 Å². The van der Waals surface area contributed by atoms with Gasteiger partial charge in [-0.3, -0.25) is 18.7 Å². The van der Waals surface area contributed by atoms with Crippen molar-refractivity contribution < 1.29 is 9.59 Å². The Morgan fingerprint density at radius 1 is 1.21 bits per heavy atom. The number of nitrogens with zero attached hydrogens (tertiary/aromatic N) is 3. The fraction of sp³-hybridized carbons (Fsp3) is 0.375. The summed E-state index contributed by atoms with van der Waals surface area (Å²) >= 11 is 0. The number of nitrogens with one attached hydrogen (secondary N) is 2. The molecular formula is C16H19N5O3.